The number of benzene rings is 2. The molecule has 4 aromatic rings. The Labute approximate surface area is 229 Å². The van der Waals surface area contributed by atoms with Crippen LogP contribution in [-0.2, 0) is 6.42 Å². The fourth-order valence-corrected chi connectivity index (χ4v) is 5.76. The molecule has 0 saturated heterocycles. The quantitative estimate of drug-likeness (QED) is 0.376. The number of halogens is 1. The molecule has 2 aliphatic rings. The van der Waals surface area contributed by atoms with Gasteiger partial charge in [0.2, 0.25) is 0 Å². The second-order valence-electron chi connectivity index (χ2n) is 9.52. The van der Waals surface area contributed by atoms with Crippen molar-refractivity contribution in [2.45, 2.75) is 25.3 Å². The zero-order valence-corrected chi connectivity index (χ0v) is 21.6. The first-order chi connectivity index (χ1) is 18.9. The molecule has 3 amide bonds. The number of nitrogens with one attached hydrogen (secondary N) is 2. The van der Waals surface area contributed by atoms with Crippen LogP contribution in [0.1, 0.15) is 48.8 Å². The second kappa shape index (κ2) is 10.1. The number of para-hydroxylation sites is 1. The molecule has 3 heterocycles. The standard InChI is InChI=1S/C29H22BFN4O3S/c30-26-20(5-3-12-32-26)27(36)34-22-10-7-17(14-21(22)31)29(38)35-13-11-16-15-24(28(37)33-18-8-9-18)39-25(16)19-4-1-2-6-23(19)35/h1-7,10,12,14-15,18H,8-9,11,13H2,(H,33,37)(H,34,36). The average Bonchev–Trinajstić information content (AvgIpc) is 3.68. The molecule has 39 heavy (non-hydrogen) atoms. The van der Waals surface area contributed by atoms with Gasteiger partial charge < -0.3 is 15.5 Å². The maximum absolute atomic E-state index is 15.0. The number of pyridine rings is 1. The second-order valence-corrected chi connectivity index (χ2v) is 10.6. The SMILES string of the molecule is [B]c1ncccc1C(=O)Nc1ccc(C(=O)N2CCc3cc(C(=O)NC4CC4)sc3-c3ccccc32)cc1F. The van der Waals surface area contributed by atoms with E-state index in [0.29, 0.717) is 23.5 Å². The zero-order valence-electron chi connectivity index (χ0n) is 20.7. The number of nitrogens with zero attached hydrogens (tertiary/aromatic N) is 2. The minimum Gasteiger partial charge on any atom is -0.349 e. The number of hydrogen-bond donors (Lipinski definition) is 2. The first-order valence-corrected chi connectivity index (χ1v) is 13.4. The van der Waals surface area contributed by atoms with Gasteiger partial charge in [-0.2, -0.15) is 0 Å². The highest BCUT2D eigenvalue weighted by Crippen LogP contribution is 2.42. The van der Waals surface area contributed by atoms with Crippen LogP contribution in [0.2, 0.25) is 0 Å². The van der Waals surface area contributed by atoms with Gasteiger partial charge in [-0.15, -0.1) is 11.3 Å². The zero-order chi connectivity index (χ0) is 27.1. The fraction of sp³-hybridized carbons (Fsp3) is 0.172. The topological polar surface area (TPSA) is 91.4 Å². The number of rotatable bonds is 5. The van der Waals surface area contributed by atoms with Gasteiger partial charge in [-0.05, 0) is 67.3 Å². The molecule has 1 saturated carbocycles. The molecule has 1 aliphatic carbocycles. The van der Waals surface area contributed by atoms with Gasteiger partial charge in [-0.3, -0.25) is 19.4 Å². The van der Waals surface area contributed by atoms with E-state index in [2.05, 4.69) is 15.6 Å². The Balaban J connectivity index is 1.25. The lowest BCUT2D eigenvalue weighted by Gasteiger charge is -2.23. The van der Waals surface area contributed by atoms with E-state index in [0.717, 1.165) is 34.9 Å². The number of carbonyl (C=O) groups is 3. The maximum Gasteiger partial charge on any atom is 0.261 e. The molecular weight excluding hydrogens is 514 g/mol. The summed E-state index contributed by atoms with van der Waals surface area (Å²) in [5.41, 5.74) is 2.79. The normalized spacial score (nSPS) is 14.1. The minimum absolute atomic E-state index is 0.0335. The Kier molecular flexibility index (Phi) is 6.48. The third-order valence-corrected chi connectivity index (χ3v) is 7.99. The summed E-state index contributed by atoms with van der Waals surface area (Å²) in [6.07, 6.45) is 4.04. The molecule has 0 bridgehead atoms. The van der Waals surface area contributed by atoms with E-state index < -0.39 is 11.7 Å². The number of carbonyl (C=O) groups excluding carboxylic acids is 3. The third-order valence-electron chi connectivity index (χ3n) is 6.78. The Bertz CT molecular complexity index is 1630. The highest BCUT2D eigenvalue weighted by molar-refractivity contribution is 7.17. The molecule has 0 atom stereocenters. The average molecular weight is 536 g/mol. The molecule has 192 valence electrons. The summed E-state index contributed by atoms with van der Waals surface area (Å²) in [6, 6.07) is 16.7. The fourth-order valence-electron chi connectivity index (χ4n) is 4.61. The van der Waals surface area contributed by atoms with E-state index >= 15 is 4.39 Å². The van der Waals surface area contributed by atoms with Crippen molar-refractivity contribution < 1.29 is 18.8 Å². The monoisotopic (exact) mass is 536 g/mol. The summed E-state index contributed by atoms with van der Waals surface area (Å²) in [7, 11) is 5.74. The van der Waals surface area contributed by atoms with Crippen LogP contribution < -0.4 is 21.1 Å². The number of hydrogen-bond acceptors (Lipinski definition) is 5. The van der Waals surface area contributed by atoms with Crippen molar-refractivity contribution in [1.82, 2.24) is 10.3 Å². The van der Waals surface area contributed by atoms with Crippen LogP contribution >= 0.6 is 11.3 Å². The Morgan fingerprint density at radius 3 is 2.62 bits per heavy atom. The van der Waals surface area contributed by atoms with Crippen molar-refractivity contribution in [3.8, 4) is 10.4 Å². The number of amides is 3. The van der Waals surface area contributed by atoms with Gasteiger partial charge in [-0.25, -0.2) is 4.39 Å². The van der Waals surface area contributed by atoms with E-state index in [1.807, 2.05) is 30.3 Å². The van der Waals surface area contributed by atoms with Gasteiger partial charge in [0, 0.05) is 40.4 Å². The Morgan fingerprint density at radius 1 is 1.03 bits per heavy atom. The summed E-state index contributed by atoms with van der Waals surface area (Å²) in [6.45, 7) is 0.365. The Morgan fingerprint density at radius 2 is 1.85 bits per heavy atom. The lowest BCUT2D eigenvalue weighted by Crippen LogP contribution is -2.32. The van der Waals surface area contributed by atoms with E-state index in [4.69, 9.17) is 7.85 Å². The number of anilines is 2. The molecular formula is C29H22BFN4O3S. The molecule has 0 spiro atoms. The largest absolute Gasteiger partial charge is 0.349 e. The van der Waals surface area contributed by atoms with Crippen LogP contribution in [0.4, 0.5) is 15.8 Å². The van der Waals surface area contributed by atoms with E-state index in [-0.39, 0.29) is 40.3 Å². The molecule has 2 N–H and O–H groups in total. The summed E-state index contributed by atoms with van der Waals surface area (Å²) in [5.74, 6) is -1.77. The third kappa shape index (κ3) is 4.95. The van der Waals surface area contributed by atoms with Crippen molar-refractivity contribution in [2.75, 3.05) is 16.8 Å². The molecule has 1 aliphatic heterocycles. The van der Waals surface area contributed by atoms with Crippen molar-refractivity contribution in [3.63, 3.8) is 0 Å². The van der Waals surface area contributed by atoms with Crippen molar-refractivity contribution in [2.24, 2.45) is 0 Å². The van der Waals surface area contributed by atoms with E-state index in [9.17, 15) is 14.4 Å². The minimum atomic E-state index is -0.745. The first-order valence-electron chi connectivity index (χ1n) is 12.6. The van der Waals surface area contributed by atoms with Crippen LogP contribution in [-0.4, -0.2) is 43.1 Å². The summed E-state index contributed by atoms with van der Waals surface area (Å²) in [5, 5.41) is 5.52. The number of aromatic nitrogens is 1. The van der Waals surface area contributed by atoms with Gasteiger partial charge in [-0.1, -0.05) is 18.2 Å². The smallest absolute Gasteiger partial charge is 0.261 e. The van der Waals surface area contributed by atoms with Gasteiger partial charge in [0.15, 0.2) is 0 Å². The molecule has 7 nitrogen and oxygen atoms in total. The first kappa shape index (κ1) is 25.0. The van der Waals surface area contributed by atoms with Gasteiger partial charge in [0.1, 0.15) is 13.7 Å². The van der Waals surface area contributed by atoms with Crippen LogP contribution in [0.3, 0.4) is 0 Å². The highest BCUT2D eigenvalue weighted by Gasteiger charge is 2.29. The summed E-state index contributed by atoms with van der Waals surface area (Å²) < 4.78 is 15.0. The number of fused-ring (bicyclic) bond motifs is 3. The van der Waals surface area contributed by atoms with E-state index in [1.165, 1.54) is 35.7 Å². The molecule has 0 unspecified atom stereocenters. The molecule has 1 fully saturated rings. The Hall–Kier alpha value is -4.31. The molecule has 2 aromatic heterocycles. The predicted octanol–water partition coefficient (Wildman–Crippen LogP) is 4.09. The van der Waals surface area contributed by atoms with Crippen LogP contribution in [0, 0.1) is 5.82 Å². The summed E-state index contributed by atoms with van der Waals surface area (Å²) >= 11 is 1.42. The lowest BCUT2D eigenvalue weighted by molar-refractivity contribution is 0.0952. The van der Waals surface area contributed by atoms with Crippen molar-refractivity contribution in [1.29, 1.82) is 0 Å². The van der Waals surface area contributed by atoms with Crippen molar-refractivity contribution in [3.05, 3.63) is 94.2 Å². The molecule has 2 radical (unpaired) electrons. The highest BCUT2D eigenvalue weighted by atomic mass is 32.1. The molecule has 10 heteroatoms. The molecule has 2 aromatic carbocycles. The van der Waals surface area contributed by atoms with Crippen LogP contribution in [0.15, 0.2) is 66.9 Å². The van der Waals surface area contributed by atoms with E-state index in [1.54, 1.807) is 11.0 Å². The van der Waals surface area contributed by atoms with Crippen LogP contribution in [0.25, 0.3) is 10.4 Å². The van der Waals surface area contributed by atoms with Crippen LogP contribution in [0.5, 0.6) is 0 Å². The van der Waals surface area contributed by atoms with Gasteiger partial charge in [0.05, 0.1) is 21.8 Å². The maximum atomic E-state index is 15.0. The lowest BCUT2D eigenvalue weighted by atomic mass is 9.97. The van der Waals surface area contributed by atoms with Gasteiger partial charge >= 0.3 is 0 Å². The molecule has 6 rings (SSSR count). The van der Waals surface area contributed by atoms with Crippen molar-refractivity contribution >= 4 is 53.9 Å². The van der Waals surface area contributed by atoms with Gasteiger partial charge in [0.25, 0.3) is 17.7 Å². The predicted molar refractivity (Wildman–Crippen MR) is 150 cm³/mol. The number of thiophene rings is 1. The summed E-state index contributed by atoms with van der Waals surface area (Å²) in [4.78, 5) is 45.9.